The standard InChI is InChI=1S/C21H12F4N6O2/c1-10-15(20(33)28-13-7-12(22)9-27-14(13)8-26)17(32)19-29-18(21(23,24)25)16(31(19)30-10)11-5-3-2-4-6-11/h2-7,9,30H,1H3,(H,28,33). The third-order valence-corrected chi connectivity index (χ3v) is 4.71. The highest BCUT2D eigenvalue weighted by atomic mass is 19.4. The van der Waals surface area contributed by atoms with Crippen LogP contribution in [0.1, 0.15) is 27.4 Å². The number of aromatic nitrogens is 4. The largest absolute Gasteiger partial charge is 0.435 e. The highest BCUT2D eigenvalue weighted by Gasteiger charge is 2.39. The maximum Gasteiger partial charge on any atom is 0.435 e. The van der Waals surface area contributed by atoms with Crippen molar-refractivity contribution < 1.29 is 22.4 Å². The maximum absolute atomic E-state index is 13.7. The summed E-state index contributed by atoms with van der Waals surface area (Å²) in [4.78, 5) is 32.9. The average Bonchev–Trinajstić information content (AvgIpc) is 3.15. The molecule has 3 aromatic heterocycles. The van der Waals surface area contributed by atoms with E-state index in [2.05, 4.69) is 20.4 Å². The van der Waals surface area contributed by atoms with Gasteiger partial charge in [0.25, 0.3) is 5.91 Å². The summed E-state index contributed by atoms with van der Waals surface area (Å²) in [5.74, 6) is -1.92. The first-order valence-electron chi connectivity index (χ1n) is 9.26. The Morgan fingerprint density at radius 2 is 1.94 bits per heavy atom. The number of halogens is 4. The summed E-state index contributed by atoms with van der Waals surface area (Å²) in [6.07, 6.45) is -4.12. The Labute approximate surface area is 182 Å². The number of nitrogens with zero attached hydrogens (tertiary/aromatic N) is 4. The molecule has 0 saturated heterocycles. The lowest BCUT2D eigenvalue weighted by molar-refractivity contribution is -0.140. The van der Waals surface area contributed by atoms with Crippen molar-refractivity contribution >= 4 is 17.2 Å². The van der Waals surface area contributed by atoms with Crippen LogP contribution in [-0.4, -0.2) is 25.5 Å². The number of aryl methyl sites for hydroxylation is 1. The number of anilines is 1. The molecule has 8 nitrogen and oxygen atoms in total. The molecule has 0 aliphatic rings. The Hall–Kier alpha value is -4.53. The predicted octanol–water partition coefficient (Wildman–Crippen LogP) is 3.67. The molecular formula is C21H12F4N6O2. The van der Waals surface area contributed by atoms with Crippen molar-refractivity contribution in [2.45, 2.75) is 13.1 Å². The van der Waals surface area contributed by atoms with E-state index in [1.165, 1.54) is 31.2 Å². The van der Waals surface area contributed by atoms with Crippen LogP contribution in [-0.2, 0) is 6.18 Å². The number of rotatable bonds is 3. The molecule has 12 heteroatoms. The normalized spacial score (nSPS) is 11.4. The highest BCUT2D eigenvalue weighted by molar-refractivity contribution is 6.06. The van der Waals surface area contributed by atoms with Crippen molar-refractivity contribution in [2.24, 2.45) is 0 Å². The predicted molar refractivity (Wildman–Crippen MR) is 108 cm³/mol. The summed E-state index contributed by atoms with van der Waals surface area (Å²) in [5, 5.41) is 13.9. The van der Waals surface area contributed by atoms with Gasteiger partial charge in [-0.1, -0.05) is 30.3 Å². The number of nitrogens with one attached hydrogen (secondary N) is 2. The number of hydrogen-bond donors (Lipinski definition) is 2. The summed E-state index contributed by atoms with van der Waals surface area (Å²) in [6, 6.07) is 10.0. The Bertz CT molecular complexity index is 1500. The van der Waals surface area contributed by atoms with E-state index in [9.17, 15) is 27.2 Å². The van der Waals surface area contributed by atoms with Gasteiger partial charge in [-0.15, -0.1) is 0 Å². The Balaban J connectivity index is 1.91. The van der Waals surface area contributed by atoms with Crippen LogP contribution in [0, 0.1) is 24.1 Å². The molecule has 1 aromatic carbocycles. The molecule has 2 N–H and O–H groups in total. The summed E-state index contributed by atoms with van der Waals surface area (Å²) in [6.45, 7) is 1.31. The first-order valence-corrected chi connectivity index (χ1v) is 9.26. The molecule has 3 heterocycles. The van der Waals surface area contributed by atoms with Gasteiger partial charge < -0.3 is 5.32 Å². The van der Waals surface area contributed by atoms with Gasteiger partial charge in [-0.2, -0.15) is 18.4 Å². The zero-order valence-electron chi connectivity index (χ0n) is 16.7. The average molecular weight is 456 g/mol. The van der Waals surface area contributed by atoms with Gasteiger partial charge in [0.05, 0.1) is 11.9 Å². The maximum atomic E-state index is 13.7. The fraction of sp³-hybridized carbons (Fsp3) is 0.0952. The molecule has 0 aliphatic carbocycles. The first-order chi connectivity index (χ1) is 15.6. The van der Waals surface area contributed by atoms with Crippen molar-refractivity contribution in [3.8, 4) is 17.3 Å². The van der Waals surface area contributed by atoms with Crippen molar-refractivity contribution in [2.75, 3.05) is 5.32 Å². The molecule has 0 atom stereocenters. The lowest BCUT2D eigenvalue weighted by atomic mass is 10.1. The van der Waals surface area contributed by atoms with E-state index < -0.39 is 45.9 Å². The fourth-order valence-electron chi connectivity index (χ4n) is 3.33. The van der Waals surface area contributed by atoms with E-state index in [4.69, 9.17) is 5.26 Å². The number of imidazole rings is 1. The highest BCUT2D eigenvalue weighted by Crippen LogP contribution is 2.36. The van der Waals surface area contributed by atoms with Gasteiger partial charge in [0.2, 0.25) is 11.1 Å². The lowest BCUT2D eigenvalue weighted by Gasteiger charge is -2.11. The molecule has 1 amide bonds. The second-order valence-corrected chi connectivity index (χ2v) is 6.89. The van der Waals surface area contributed by atoms with Gasteiger partial charge in [-0.3, -0.25) is 14.7 Å². The minimum absolute atomic E-state index is 0.0730. The Morgan fingerprint density at radius 1 is 1.24 bits per heavy atom. The topological polar surface area (TPSA) is 116 Å². The third kappa shape index (κ3) is 3.80. The molecule has 0 fully saturated rings. The van der Waals surface area contributed by atoms with E-state index >= 15 is 0 Å². The lowest BCUT2D eigenvalue weighted by Crippen LogP contribution is -2.26. The van der Waals surface area contributed by atoms with Crippen LogP contribution >= 0.6 is 0 Å². The van der Waals surface area contributed by atoms with Gasteiger partial charge in [-0.05, 0) is 6.92 Å². The molecule has 0 aliphatic heterocycles. The molecule has 4 rings (SSSR count). The molecule has 33 heavy (non-hydrogen) atoms. The van der Waals surface area contributed by atoms with Crippen LogP contribution in [0.5, 0.6) is 0 Å². The number of amides is 1. The third-order valence-electron chi connectivity index (χ3n) is 4.71. The van der Waals surface area contributed by atoms with Gasteiger partial charge in [0, 0.05) is 17.3 Å². The number of carbonyl (C=O) groups excluding carboxylic acids is 1. The van der Waals surface area contributed by atoms with Gasteiger partial charge in [-0.25, -0.2) is 18.9 Å². The Kier molecular flexibility index (Phi) is 5.17. The monoisotopic (exact) mass is 456 g/mol. The second kappa shape index (κ2) is 7.86. The van der Waals surface area contributed by atoms with E-state index in [0.29, 0.717) is 0 Å². The number of fused-ring (bicyclic) bond motifs is 1. The zero-order valence-corrected chi connectivity index (χ0v) is 16.7. The molecule has 0 spiro atoms. The van der Waals surface area contributed by atoms with Crippen molar-refractivity contribution in [1.29, 1.82) is 5.26 Å². The number of alkyl halides is 3. The number of benzene rings is 1. The van der Waals surface area contributed by atoms with Crippen LogP contribution in [0.25, 0.3) is 16.9 Å². The van der Waals surface area contributed by atoms with Crippen molar-refractivity contribution in [3.63, 3.8) is 0 Å². The van der Waals surface area contributed by atoms with Crippen LogP contribution in [0.3, 0.4) is 0 Å². The van der Waals surface area contributed by atoms with Crippen molar-refractivity contribution in [1.82, 2.24) is 19.6 Å². The number of pyridine rings is 1. The Morgan fingerprint density at radius 3 is 2.58 bits per heavy atom. The SMILES string of the molecule is Cc1[nH]n2c(-c3ccccc3)c(C(F)(F)F)nc2c(=O)c1C(=O)Nc1cc(F)cnc1C#N. The van der Waals surface area contributed by atoms with E-state index in [1.54, 1.807) is 12.1 Å². The summed E-state index contributed by atoms with van der Waals surface area (Å²) in [5.41, 5.74) is -4.53. The second-order valence-electron chi connectivity index (χ2n) is 6.89. The van der Waals surface area contributed by atoms with Gasteiger partial charge >= 0.3 is 6.18 Å². The van der Waals surface area contributed by atoms with Crippen molar-refractivity contribution in [3.05, 3.63) is 81.3 Å². The smallest absolute Gasteiger partial charge is 0.319 e. The van der Waals surface area contributed by atoms with E-state index in [0.717, 1.165) is 16.8 Å². The zero-order chi connectivity index (χ0) is 23.9. The van der Waals surface area contributed by atoms with Crippen LogP contribution < -0.4 is 10.7 Å². The number of hydrogen-bond acceptors (Lipinski definition) is 5. The number of aromatic amines is 1. The first kappa shape index (κ1) is 21.7. The van der Waals surface area contributed by atoms with E-state index in [-0.39, 0.29) is 22.6 Å². The quantitative estimate of drug-likeness (QED) is 0.457. The van der Waals surface area contributed by atoms with E-state index in [1.807, 2.05) is 0 Å². The summed E-state index contributed by atoms with van der Waals surface area (Å²) in [7, 11) is 0. The number of carbonyl (C=O) groups is 1. The summed E-state index contributed by atoms with van der Waals surface area (Å²) < 4.78 is 55.6. The van der Waals surface area contributed by atoms with Crippen LogP contribution in [0.15, 0.2) is 47.4 Å². The molecule has 0 radical (unpaired) electrons. The molecule has 166 valence electrons. The molecule has 4 aromatic rings. The minimum Gasteiger partial charge on any atom is -0.319 e. The number of H-pyrrole nitrogens is 1. The molecular weight excluding hydrogens is 444 g/mol. The van der Waals surface area contributed by atoms with Gasteiger partial charge in [0.1, 0.15) is 23.1 Å². The molecule has 0 bridgehead atoms. The van der Waals surface area contributed by atoms with Crippen LogP contribution in [0.4, 0.5) is 23.2 Å². The molecule has 0 unspecified atom stereocenters. The fourth-order valence-corrected chi connectivity index (χ4v) is 3.33. The summed E-state index contributed by atoms with van der Waals surface area (Å²) >= 11 is 0. The molecule has 0 saturated carbocycles. The van der Waals surface area contributed by atoms with Crippen LogP contribution in [0.2, 0.25) is 0 Å². The van der Waals surface area contributed by atoms with Gasteiger partial charge in [0.15, 0.2) is 11.4 Å². The minimum atomic E-state index is -4.89. The number of nitriles is 1.